The number of rotatable bonds is 4. The number of anilines is 1. The maximum Gasteiger partial charge on any atom is 0.224 e. The van der Waals surface area contributed by atoms with Crippen molar-refractivity contribution in [3.05, 3.63) is 29.8 Å². The molecule has 3 heteroatoms. The van der Waals surface area contributed by atoms with Crippen molar-refractivity contribution >= 4 is 11.6 Å². The summed E-state index contributed by atoms with van der Waals surface area (Å²) in [5, 5.41) is 2.90. The zero-order valence-corrected chi connectivity index (χ0v) is 11.0. The normalized spacial score (nSPS) is 11.3. The number of carbonyl (C=O) groups excluding carboxylic acids is 1. The molecule has 0 bridgehead atoms. The molecular formula is C15H20N2O. The molecule has 0 aliphatic carbocycles. The van der Waals surface area contributed by atoms with Gasteiger partial charge in [-0.15, -0.1) is 0 Å². The predicted octanol–water partition coefficient (Wildman–Crippen LogP) is 2.37. The highest BCUT2D eigenvalue weighted by Gasteiger charge is 2.08. The van der Waals surface area contributed by atoms with E-state index in [1.807, 2.05) is 24.3 Å². The van der Waals surface area contributed by atoms with Crippen molar-refractivity contribution < 1.29 is 4.79 Å². The molecule has 0 heterocycles. The number of amides is 1. The Balaban J connectivity index is 2.75. The minimum atomic E-state index is 0.0337. The van der Waals surface area contributed by atoms with Crippen LogP contribution in [0.15, 0.2) is 24.3 Å². The molecule has 1 atom stereocenters. The summed E-state index contributed by atoms with van der Waals surface area (Å²) in [6.07, 6.45) is 1.54. The van der Waals surface area contributed by atoms with Gasteiger partial charge in [0.25, 0.3) is 0 Å². The summed E-state index contributed by atoms with van der Waals surface area (Å²) in [7, 11) is 0. The highest BCUT2D eigenvalue weighted by Crippen LogP contribution is 2.15. The Bertz CT molecular complexity index is 457. The van der Waals surface area contributed by atoms with E-state index in [2.05, 4.69) is 31.0 Å². The van der Waals surface area contributed by atoms with Gasteiger partial charge in [0.2, 0.25) is 5.91 Å². The second-order valence-corrected chi connectivity index (χ2v) is 4.32. The first-order valence-electron chi connectivity index (χ1n) is 6.25. The van der Waals surface area contributed by atoms with Crippen molar-refractivity contribution in [2.75, 3.05) is 11.9 Å². The molecule has 0 radical (unpaired) electrons. The van der Waals surface area contributed by atoms with Crippen LogP contribution in [-0.4, -0.2) is 12.5 Å². The SMILES string of the molecule is CCC(C)CC(=O)Nc1ccccc1C#CCN. The average molecular weight is 244 g/mol. The average Bonchev–Trinajstić information content (AvgIpc) is 2.37. The van der Waals surface area contributed by atoms with Crippen LogP contribution in [0.1, 0.15) is 32.3 Å². The van der Waals surface area contributed by atoms with Crippen molar-refractivity contribution in [2.45, 2.75) is 26.7 Å². The lowest BCUT2D eigenvalue weighted by atomic mass is 10.0. The summed E-state index contributed by atoms with van der Waals surface area (Å²) in [4.78, 5) is 11.8. The second-order valence-electron chi connectivity index (χ2n) is 4.32. The molecule has 0 saturated heterocycles. The van der Waals surface area contributed by atoms with E-state index in [0.29, 0.717) is 18.9 Å². The van der Waals surface area contributed by atoms with E-state index in [-0.39, 0.29) is 5.91 Å². The molecule has 0 spiro atoms. The van der Waals surface area contributed by atoms with Gasteiger partial charge in [0.05, 0.1) is 12.2 Å². The van der Waals surface area contributed by atoms with Crippen molar-refractivity contribution in [3.8, 4) is 11.8 Å². The van der Waals surface area contributed by atoms with Crippen LogP contribution in [-0.2, 0) is 4.79 Å². The quantitative estimate of drug-likeness (QED) is 0.799. The van der Waals surface area contributed by atoms with Crippen LogP contribution in [0, 0.1) is 17.8 Å². The lowest BCUT2D eigenvalue weighted by Crippen LogP contribution is -2.15. The zero-order valence-electron chi connectivity index (χ0n) is 11.0. The molecule has 3 N–H and O–H groups in total. The zero-order chi connectivity index (χ0) is 13.4. The van der Waals surface area contributed by atoms with Crippen LogP contribution >= 0.6 is 0 Å². The van der Waals surface area contributed by atoms with E-state index in [9.17, 15) is 4.79 Å². The van der Waals surface area contributed by atoms with Crippen LogP contribution in [0.4, 0.5) is 5.69 Å². The fourth-order valence-corrected chi connectivity index (χ4v) is 1.51. The molecule has 3 nitrogen and oxygen atoms in total. The number of nitrogens with one attached hydrogen (secondary N) is 1. The van der Waals surface area contributed by atoms with Gasteiger partial charge in [-0.1, -0.05) is 44.2 Å². The standard InChI is InChI=1S/C15H20N2O/c1-3-12(2)11-15(18)17-14-9-5-4-7-13(14)8-6-10-16/h4-5,7,9,12H,3,10-11,16H2,1-2H3,(H,17,18). The third kappa shape index (κ3) is 4.60. The predicted molar refractivity (Wildman–Crippen MR) is 75.1 cm³/mol. The van der Waals surface area contributed by atoms with Gasteiger partial charge in [-0.3, -0.25) is 4.79 Å². The Morgan fingerprint density at radius 2 is 2.17 bits per heavy atom. The van der Waals surface area contributed by atoms with Gasteiger partial charge < -0.3 is 11.1 Å². The van der Waals surface area contributed by atoms with E-state index in [4.69, 9.17) is 5.73 Å². The molecular weight excluding hydrogens is 224 g/mol. The van der Waals surface area contributed by atoms with E-state index in [1.165, 1.54) is 0 Å². The number of hydrogen-bond acceptors (Lipinski definition) is 2. The molecule has 0 fully saturated rings. The van der Waals surface area contributed by atoms with Gasteiger partial charge in [-0.25, -0.2) is 0 Å². The van der Waals surface area contributed by atoms with Crippen LogP contribution in [0.2, 0.25) is 0 Å². The highest BCUT2D eigenvalue weighted by atomic mass is 16.1. The summed E-state index contributed by atoms with van der Waals surface area (Å²) in [6.45, 7) is 4.47. The lowest BCUT2D eigenvalue weighted by Gasteiger charge is -2.10. The molecule has 1 aromatic carbocycles. The fraction of sp³-hybridized carbons (Fsp3) is 0.400. The lowest BCUT2D eigenvalue weighted by molar-refractivity contribution is -0.117. The third-order valence-corrected chi connectivity index (χ3v) is 2.76. The Kier molecular flexibility index (Phi) is 5.96. The van der Waals surface area contributed by atoms with Crippen LogP contribution in [0.25, 0.3) is 0 Å². The van der Waals surface area contributed by atoms with E-state index >= 15 is 0 Å². The largest absolute Gasteiger partial charge is 0.325 e. The summed E-state index contributed by atoms with van der Waals surface area (Å²) < 4.78 is 0. The molecule has 1 amide bonds. The minimum absolute atomic E-state index is 0.0337. The Morgan fingerprint density at radius 3 is 2.83 bits per heavy atom. The number of nitrogens with two attached hydrogens (primary N) is 1. The molecule has 96 valence electrons. The van der Waals surface area contributed by atoms with Crippen molar-refractivity contribution in [1.29, 1.82) is 0 Å². The van der Waals surface area contributed by atoms with Crippen molar-refractivity contribution in [2.24, 2.45) is 11.7 Å². The van der Waals surface area contributed by atoms with Gasteiger partial charge in [-0.2, -0.15) is 0 Å². The molecule has 0 aliphatic rings. The Morgan fingerprint density at radius 1 is 1.44 bits per heavy atom. The van der Waals surface area contributed by atoms with Crippen molar-refractivity contribution in [3.63, 3.8) is 0 Å². The number of benzene rings is 1. The van der Waals surface area contributed by atoms with Gasteiger partial charge in [0.15, 0.2) is 0 Å². The molecule has 0 aromatic heterocycles. The summed E-state index contributed by atoms with van der Waals surface area (Å²) in [5.41, 5.74) is 6.91. The molecule has 1 aromatic rings. The Hall–Kier alpha value is -1.79. The van der Waals surface area contributed by atoms with E-state index in [0.717, 1.165) is 17.7 Å². The first-order chi connectivity index (χ1) is 8.67. The maximum atomic E-state index is 11.8. The van der Waals surface area contributed by atoms with Gasteiger partial charge in [0, 0.05) is 12.0 Å². The number of hydrogen-bond donors (Lipinski definition) is 2. The molecule has 0 aliphatic heterocycles. The Labute approximate surface area is 109 Å². The maximum absolute atomic E-state index is 11.8. The van der Waals surface area contributed by atoms with Crippen LogP contribution in [0.5, 0.6) is 0 Å². The van der Waals surface area contributed by atoms with Crippen LogP contribution in [0.3, 0.4) is 0 Å². The highest BCUT2D eigenvalue weighted by molar-refractivity contribution is 5.92. The van der Waals surface area contributed by atoms with Gasteiger partial charge in [0.1, 0.15) is 0 Å². The first kappa shape index (κ1) is 14.3. The molecule has 1 unspecified atom stereocenters. The minimum Gasteiger partial charge on any atom is -0.325 e. The second kappa shape index (κ2) is 7.52. The van der Waals surface area contributed by atoms with Crippen LogP contribution < -0.4 is 11.1 Å². The fourth-order valence-electron chi connectivity index (χ4n) is 1.51. The first-order valence-corrected chi connectivity index (χ1v) is 6.25. The van der Waals surface area contributed by atoms with E-state index in [1.54, 1.807) is 0 Å². The number of para-hydroxylation sites is 1. The topological polar surface area (TPSA) is 55.1 Å². The third-order valence-electron chi connectivity index (χ3n) is 2.76. The number of carbonyl (C=O) groups is 1. The monoisotopic (exact) mass is 244 g/mol. The molecule has 1 rings (SSSR count). The summed E-state index contributed by atoms with van der Waals surface area (Å²) in [5.74, 6) is 6.18. The molecule has 0 saturated carbocycles. The summed E-state index contributed by atoms with van der Waals surface area (Å²) >= 11 is 0. The molecule has 18 heavy (non-hydrogen) atoms. The summed E-state index contributed by atoms with van der Waals surface area (Å²) in [6, 6.07) is 7.51. The van der Waals surface area contributed by atoms with E-state index < -0.39 is 0 Å². The van der Waals surface area contributed by atoms with Crippen molar-refractivity contribution in [1.82, 2.24) is 0 Å². The van der Waals surface area contributed by atoms with Gasteiger partial charge in [-0.05, 0) is 18.1 Å². The van der Waals surface area contributed by atoms with Gasteiger partial charge >= 0.3 is 0 Å². The smallest absolute Gasteiger partial charge is 0.224 e.